The van der Waals surface area contributed by atoms with E-state index in [1.165, 1.54) is 106 Å². The molecule has 2 fully saturated rings. The molecule has 0 aromatic heterocycles. The van der Waals surface area contributed by atoms with Gasteiger partial charge in [0.1, 0.15) is 5.75 Å². The fourth-order valence-electron chi connectivity index (χ4n) is 6.34. The summed E-state index contributed by atoms with van der Waals surface area (Å²) < 4.78 is 0. The third-order valence-electron chi connectivity index (χ3n) is 8.97. The summed E-state index contributed by atoms with van der Waals surface area (Å²) in [4.78, 5) is 0. The Morgan fingerprint density at radius 1 is 0.697 bits per heavy atom. The lowest BCUT2D eigenvalue weighted by Crippen LogP contribution is -2.20. The lowest BCUT2D eigenvalue weighted by Gasteiger charge is -2.29. The molecule has 0 heterocycles. The Labute approximate surface area is 203 Å². The third kappa shape index (κ3) is 6.23. The van der Waals surface area contributed by atoms with Gasteiger partial charge in [0.05, 0.1) is 0 Å². The second kappa shape index (κ2) is 11.1. The van der Waals surface area contributed by atoms with Gasteiger partial charge < -0.3 is 5.11 Å². The largest absolute Gasteiger partial charge is 0.508 e. The van der Waals surface area contributed by atoms with Gasteiger partial charge in [0.25, 0.3) is 0 Å². The molecule has 0 radical (unpaired) electrons. The summed E-state index contributed by atoms with van der Waals surface area (Å²) in [6, 6.07) is 13.5. The van der Waals surface area contributed by atoms with Crippen LogP contribution in [0.5, 0.6) is 5.75 Å². The van der Waals surface area contributed by atoms with Crippen molar-refractivity contribution >= 4 is 0 Å². The van der Waals surface area contributed by atoms with E-state index in [1.54, 1.807) is 0 Å². The summed E-state index contributed by atoms with van der Waals surface area (Å²) in [5.74, 6) is 2.25. The first kappa shape index (κ1) is 24.4. The van der Waals surface area contributed by atoms with Crippen LogP contribution in [0.2, 0.25) is 0 Å². The van der Waals surface area contributed by atoms with Crippen molar-refractivity contribution in [3.05, 3.63) is 64.2 Å². The van der Waals surface area contributed by atoms with E-state index < -0.39 is 0 Å². The van der Waals surface area contributed by atoms with Crippen molar-refractivity contribution in [2.45, 2.75) is 116 Å². The van der Waals surface area contributed by atoms with E-state index in [1.807, 2.05) is 6.07 Å². The molecule has 0 unspecified atom stereocenters. The predicted octanol–water partition coefficient (Wildman–Crippen LogP) is 9.05. The predicted molar refractivity (Wildman–Crippen MR) is 141 cm³/mol. The molecule has 1 heteroatoms. The van der Waals surface area contributed by atoms with E-state index in [0.29, 0.717) is 5.75 Å². The Morgan fingerprint density at radius 2 is 1.18 bits per heavy atom. The van der Waals surface area contributed by atoms with E-state index >= 15 is 0 Å². The van der Waals surface area contributed by atoms with Crippen LogP contribution >= 0.6 is 0 Å². The van der Waals surface area contributed by atoms with E-state index in [2.05, 4.69) is 51.1 Å². The van der Waals surface area contributed by atoms with Gasteiger partial charge in [-0.2, -0.15) is 0 Å². The van der Waals surface area contributed by atoms with Gasteiger partial charge in [-0.15, -0.1) is 0 Å². The van der Waals surface area contributed by atoms with Crippen LogP contribution in [0, 0.1) is 18.8 Å². The minimum Gasteiger partial charge on any atom is -0.508 e. The van der Waals surface area contributed by atoms with Gasteiger partial charge in [-0.05, 0) is 78.3 Å². The van der Waals surface area contributed by atoms with Crippen LogP contribution in [-0.4, -0.2) is 5.11 Å². The van der Waals surface area contributed by atoms with Crippen LogP contribution in [-0.2, 0) is 18.3 Å². The summed E-state index contributed by atoms with van der Waals surface area (Å²) in [5.41, 5.74) is 6.75. The summed E-state index contributed by atoms with van der Waals surface area (Å²) in [7, 11) is 0. The molecule has 2 aromatic carbocycles. The Bertz CT molecular complexity index is 823. The highest BCUT2D eigenvalue weighted by Crippen LogP contribution is 2.37. The Kier molecular flexibility index (Phi) is 8.20. The van der Waals surface area contributed by atoms with Crippen molar-refractivity contribution in [3.8, 4) is 5.75 Å². The molecule has 0 amide bonds. The van der Waals surface area contributed by atoms with E-state index in [9.17, 15) is 5.11 Å². The third-order valence-corrected chi connectivity index (χ3v) is 8.97. The highest BCUT2D eigenvalue weighted by molar-refractivity contribution is 5.46. The molecule has 1 nitrogen and oxygen atoms in total. The molecule has 0 saturated heterocycles. The Balaban J connectivity index is 1.48. The average molecular weight is 447 g/mol. The van der Waals surface area contributed by atoms with Crippen molar-refractivity contribution in [3.63, 3.8) is 0 Å². The Hall–Kier alpha value is -1.76. The fraction of sp³-hybridized carbons (Fsp3) is 0.625. The average Bonchev–Trinajstić information content (AvgIpc) is 2.84. The van der Waals surface area contributed by atoms with Gasteiger partial charge in [-0.3, -0.25) is 0 Å². The maximum Gasteiger partial charge on any atom is 0.118 e. The number of aryl methyl sites for hydroxylation is 3. The molecule has 0 aliphatic heterocycles. The van der Waals surface area contributed by atoms with Gasteiger partial charge >= 0.3 is 0 Å². The molecule has 0 atom stereocenters. The lowest BCUT2D eigenvalue weighted by atomic mass is 9.76. The number of aromatic hydroxyl groups is 1. The lowest BCUT2D eigenvalue weighted by molar-refractivity contribution is 0.337. The van der Waals surface area contributed by atoms with E-state index in [-0.39, 0.29) is 5.41 Å². The first-order valence-corrected chi connectivity index (χ1v) is 13.9. The van der Waals surface area contributed by atoms with Crippen molar-refractivity contribution in [1.29, 1.82) is 0 Å². The standard InChI is InChI=1S/C32H46O/c1-24-14-19-29(22-27(24)17-15-25-10-6-4-7-11-25)32(2,3)30-20-21-31(33)28(23-30)18-16-26-12-8-5-9-13-26/h14,19-23,25-26,33H,4-13,15-18H2,1-3H3. The summed E-state index contributed by atoms with van der Waals surface area (Å²) >= 11 is 0. The molecule has 0 bridgehead atoms. The number of rotatable bonds is 8. The molecule has 1 N–H and O–H groups in total. The van der Waals surface area contributed by atoms with E-state index in [4.69, 9.17) is 0 Å². The van der Waals surface area contributed by atoms with Gasteiger partial charge in [-0.25, -0.2) is 0 Å². The highest BCUT2D eigenvalue weighted by atomic mass is 16.3. The number of phenolic OH excluding ortho intramolecular Hbond substituents is 1. The van der Waals surface area contributed by atoms with Gasteiger partial charge in [0, 0.05) is 5.41 Å². The van der Waals surface area contributed by atoms with Crippen molar-refractivity contribution in [1.82, 2.24) is 0 Å². The first-order chi connectivity index (χ1) is 15.9. The molecule has 2 aromatic rings. The zero-order chi connectivity index (χ0) is 23.3. The minimum atomic E-state index is -0.0689. The highest BCUT2D eigenvalue weighted by Gasteiger charge is 2.25. The van der Waals surface area contributed by atoms with Gasteiger partial charge in [-0.1, -0.05) is 108 Å². The summed E-state index contributed by atoms with van der Waals surface area (Å²) in [6.07, 6.45) is 18.9. The van der Waals surface area contributed by atoms with Crippen LogP contribution in [0.15, 0.2) is 36.4 Å². The first-order valence-electron chi connectivity index (χ1n) is 13.9. The molecular formula is C32H46O. The topological polar surface area (TPSA) is 20.2 Å². The smallest absolute Gasteiger partial charge is 0.118 e. The molecule has 180 valence electrons. The summed E-state index contributed by atoms with van der Waals surface area (Å²) in [6.45, 7) is 6.97. The normalized spacial score (nSPS) is 18.5. The van der Waals surface area contributed by atoms with Crippen molar-refractivity contribution in [2.75, 3.05) is 0 Å². The fourth-order valence-corrected chi connectivity index (χ4v) is 6.34. The number of hydrogen-bond acceptors (Lipinski definition) is 1. The maximum absolute atomic E-state index is 10.6. The van der Waals surface area contributed by atoms with E-state index in [0.717, 1.165) is 23.8 Å². The van der Waals surface area contributed by atoms with Gasteiger partial charge in [0.2, 0.25) is 0 Å². The monoisotopic (exact) mass is 446 g/mol. The molecular weight excluding hydrogens is 400 g/mol. The quantitative estimate of drug-likeness (QED) is 0.429. The molecule has 0 spiro atoms. The van der Waals surface area contributed by atoms with Crippen molar-refractivity contribution < 1.29 is 5.11 Å². The van der Waals surface area contributed by atoms with Crippen LogP contribution in [0.1, 0.15) is 119 Å². The second-order valence-corrected chi connectivity index (χ2v) is 11.7. The number of phenols is 1. The SMILES string of the molecule is Cc1ccc(C(C)(C)c2ccc(O)c(CCC3CCCCC3)c2)cc1CCC1CCCCC1. The zero-order valence-corrected chi connectivity index (χ0v) is 21.5. The second-order valence-electron chi connectivity index (χ2n) is 11.7. The zero-order valence-electron chi connectivity index (χ0n) is 21.5. The molecule has 33 heavy (non-hydrogen) atoms. The van der Waals surface area contributed by atoms with Crippen LogP contribution in [0.25, 0.3) is 0 Å². The maximum atomic E-state index is 10.6. The Morgan fingerprint density at radius 3 is 1.76 bits per heavy atom. The van der Waals surface area contributed by atoms with Crippen molar-refractivity contribution in [2.24, 2.45) is 11.8 Å². The van der Waals surface area contributed by atoms with Crippen LogP contribution < -0.4 is 0 Å². The van der Waals surface area contributed by atoms with Crippen LogP contribution in [0.3, 0.4) is 0 Å². The molecule has 2 aliphatic carbocycles. The van der Waals surface area contributed by atoms with Crippen LogP contribution in [0.4, 0.5) is 0 Å². The summed E-state index contributed by atoms with van der Waals surface area (Å²) in [5, 5.41) is 10.6. The molecule has 2 aliphatic rings. The minimum absolute atomic E-state index is 0.0689. The molecule has 2 saturated carbocycles. The van der Waals surface area contributed by atoms with Gasteiger partial charge in [0.15, 0.2) is 0 Å². The number of hydrogen-bond donors (Lipinski definition) is 1. The molecule has 4 rings (SSSR count). The number of benzene rings is 2.